The number of aromatic nitrogens is 5. The number of aromatic amines is 2. The summed E-state index contributed by atoms with van der Waals surface area (Å²) >= 11 is 0. The Morgan fingerprint density at radius 2 is 1.55 bits per heavy atom. The van der Waals surface area contributed by atoms with Gasteiger partial charge in [-0.05, 0) is 54.4 Å². The van der Waals surface area contributed by atoms with Gasteiger partial charge in [-0.2, -0.15) is 10.2 Å². The van der Waals surface area contributed by atoms with Gasteiger partial charge >= 0.3 is 0 Å². The summed E-state index contributed by atoms with van der Waals surface area (Å²) in [5.74, 6) is 1.24. The molecule has 0 unspecified atom stereocenters. The Labute approximate surface area is 166 Å². The van der Waals surface area contributed by atoms with Crippen LogP contribution in [0.5, 0.6) is 0 Å². The van der Waals surface area contributed by atoms with E-state index in [1.807, 2.05) is 36.4 Å². The number of hydrogen-bond donors (Lipinski definition) is 2. The normalized spacial score (nSPS) is 11.2. The minimum absolute atomic E-state index is 0.266. The van der Waals surface area contributed by atoms with E-state index in [-0.39, 0.29) is 5.82 Å². The monoisotopic (exact) mass is 383 g/mol. The van der Waals surface area contributed by atoms with Crippen LogP contribution in [-0.4, -0.2) is 25.4 Å². The molecule has 2 N–H and O–H groups in total. The fourth-order valence-corrected chi connectivity index (χ4v) is 3.42. The largest absolute Gasteiger partial charge is 0.277 e. The highest BCUT2D eigenvalue weighted by Crippen LogP contribution is 2.29. The molecule has 0 bridgehead atoms. The van der Waals surface area contributed by atoms with Gasteiger partial charge in [-0.15, -0.1) is 0 Å². The van der Waals surface area contributed by atoms with Crippen LogP contribution in [0.25, 0.3) is 33.5 Å². The molecule has 142 valence electrons. The van der Waals surface area contributed by atoms with Crippen molar-refractivity contribution < 1.29 is 4.39 Å². The van der Waals surface area contributed by atoms with E-state index in [0.717, 1.165) is 46.4 Å². The molecule has 5 nitrogen and oxygen atoms in total. The predicted molar refractivity (Wildman–Crippen MR) is 111 cm³/mol. The first kappa shape index (κ1) is 17.3. The molecule has 0 spiro atoms. The van der Waals surface area contributed by atoms with Crippen molar-refractivity contribution in [2.75, 3.05) is 0 Å². The molecule has 0 atom stereocenters. The Kier molecular flexibility index (Phi) is 4.37. The van der Waals surface area contributed by atoms with E-state index in [0.29, 0.717) is 5.82 Å². The van der Waals surface area contributed by atoms with Gasteiger partial charge in [0.05, 0.1) is 11.2 Å². The maximum absolute atomic E-state index is 13.3. The van der Waals surface area contributed by atoms with Gasteiger partial charge in [0.1, 0.15) is 11.6 Å². The second-order valence-corrected chi connectivity index (χ2v) is 6.93. The van der Waals surface area contributed by atoms with Crippen LogP contribution in [-0.2, 0) is 12.8 Å². The van der Waals surface area contributed by atoms with Crippen molar-refractivity contribution in [2.24, 2.45) is 0 Å². The molecule has 0 amide bonds. The first-order chi connectivity index (χ1) is 14.3. The van der Waals surface area contributed by atoms with Crippen LogP contribution in [0.15, 0.2) is 72.8 Å². The van der Waals surface area contributed by atoms with Crippen molar-refractivity contribution in [1.82, 2.24) is 25.4 Å². The Hall–Kier alpha value is -3.80. The number of hydrogen-bond acceptors (Lipinski definition) is 3. The van der Waals surface area contributed by atoms with E-state index in [1.54, 1.807) is 12.1 Å². The van der Waals surface area contributed by atoms with Gasteiger partial charge in [0.15, 0.2) is 5.82 Å². The summed E-state index contributed by atoms with van der Waals surface area (Å²) in [5.41, 5.74) is 4.72. The highest BCUT2D eigenvalue weighted by molar-refractivity contribution is 5.95. The van der Waals surface area contributed by atoms with Gasteiger partial charge in [-0.25, -0.2) is 9.37 Å². The summed E-state index contributed by atoms with van der Waals surface area (Å²) in [6.45, 7) is 0. The lowest BCUT2D eigenvalue weighted by Gasteiger charge is -2.00. The molecule has 0 aliphatic heterocycles. The lowest BCUT2D eigenvalue weighted by molar-refractivity contribution is 0.628. The third kappa shape index (κ3) is 3.52. The molecule has 0 aliphatic carbocycles. The predicted octanol–water partition coefficient (Wildman–Crippen LogP) is 4.94. The molecule has 3 aromatic carbocycles. The molecule has 29 heavy (non-hydrogen) atoms. The van der Waals surface area contributed by atoms with Gasteiger partial charge in [0, 0.05) is 22.9 Å². The van der Waals surface area contributed by atoms with Crippen molar-refractivity contribution in [3.05, 3.63) is 90.0 Å². The second-order valence-electron chi connectivity index (χ2n) is 6.93. The van der Waals surface area contributed by atoms with E-state index in [2.05, 4.69) is 37.5 Å². The van der Waals surface area contributed by atoms with Crippen LogP contribution in [0.2, 0.25) is 0 Å². The second kappa shape index (κ2) is 7.31. The topological polar surface area (TPSA) is 70.2 Å². The smallest absolute Gasteiger partial charge is 0.181 e. The highest BCUT2D eigenvalue weighted by Gasteiger charge is 2.12. The summed E-state index contributed by atoms with van der Waals surface area (Å²) in [6.07, 6.45) is 1.71. The maximum atomic E-state index is 13.3. The van der Waals surface area contributed by atoms with Gasteiger partial charge in [-0.1, -0.05) is 30.3 Å². The van der Waals surface area contributed by atoms with Gasteiger partial charge < -0.3 is 0 Å². The van der Waals surface area contributed by atoms with Crippen LogP contribution in [0.3, 0.4) is 0 Å². The lowest BCUT2D eigenvalue weighted by Crippen LogP contribution is -1.93. The van der Waals surface area contributed by atoms with Crippen molar-refractivity contribution in [3.8, 4) is 22.6 Å². The Morgan fingerprint density at radius 1 is 0.759 bits per heavy atom. The standard InChI is InChI=1S/C23H18FN5/c24-18-10-7-16(8-11-18)22-19-14-17(9-12-20(19)26-28-22)23-25-21(27-29-23)13-6-15-4-2-1-3-5-15/h1-5,7-12,14H,6,13H2,(H,26,28)(H,25,27,29). The molecule has 5 aromatic rings. The van der Waals surface area contributed by atoms with Crippen molar-refractivity contribution >= 4 is 10.9 Å². The quantitative estimate of drug-likeness (QED) is 0.452. The van der Waals surface area contributed by atoms with Crippen molar-refractivity contribution in [1.29, 1.82) is 0 Å². The number of halogens is 1. The van der Waals surface area contributed by atoms with E-state index >= 15 is 0 Å². The molecule has 0 radical (unpaired) electrons. The van der Waals surface area contributed by atoms with Gasteiger partial charge in [0.2, 0.25) is 0 Å². The summed E-state index contributed by atoms with van der Waals surface area (Å²) in [6, 6.07) is 22.6. The average Bonchev–Trinajstić information content (AvgIpc) is 3.40. The Bertz CT molecular complexity index is 1260. The SMILES string of the molecule is Fc1ccc(-c2n[nH]c3ccc(-c4n[nH]c(CCc5ccccc5)n4)cc23)cc1. The maximum Gasteiger partial charge on any atom is 0.181 e. The Morgan fingerprint density at radius 3 is 2.38 bits per heavy atom. The molecule has 0 saturated heterocycles. The first-order valence-electron chi connectivity index (χ1n) is 9.46. The fourth-order valence-electron chi connectivity index (χ4n) is 3.42. The van der Waals surface area contributed by atoms with E-state index in [9.17, 15) is 4.39 Å². The zero-order valence-electron chi connectivity index (χ0n) is 15.6. The minimum atomic E-state index is -0.266. The van der Waals surface area contributed by atoms with Gasteiger partial charge in [-0.3, -0.25) is 10.2 Å². The molecule has 6 heteroatoms. The number of nitrogens with zero attached hydrogens (tertiary/aromatic N) is 3. The summed E-state index contributed by atoms with van der Waals surface area (Å²) in [5, 5.41) is 15.8. The summed E-state index contributed by atoms with van der Waals surface area (Å²) < 4.78 is 13.3. The van der Waals surface area contributed by atoms with Crippen LogP contribution in [0.1, 0.15) is 11.4 Å². The summed E-state index contributed by atoms with van der Waals surface area (Å²) in [4.78, 5) is 4.65. The van der Waals surface area contributed by atoms with Crippen LogP contribution in [0.4, 0.5) is 4.39 Å². The molecular formula is C23H18FN5. The van der Waals surface area contributed by atoms with Crippen LogP contribution < -0.4 is 0 Å². The fraction of sp³-hybridized carbons (Fsp3) is 0.0870. The molecular weight excluding hydrogens is 365 g/mol. The van der Waals surface area contributed by atoms with Crippen LogP contribution >= 0.6 is 0 Å². The van der Waals surface area contributed by atoms with E-state index < -0.39 is 0 Å². The van der Waals surface area contributed by atoms with E-state index in [1.165, 1.54) is 17.7 Å². The molecule has 0 aliphatic rings. The average molecular weight is 383 g/mol. The number of aryl methyl sites for hydroxylation is 2. The van der Waals surface area contributed by atoms with Gasteiger partial charge in [0.25, 0.3) is 0 Å². The zero-order valence-corrected chi connectivity index (χ0v) is 15.6. The highest BCUT2D eigenvalue weighted by atomic mass is 19.1. The number of nitrogens with one attached hydrogen (secondary N) is 2. The molecule has 0 saturated carbocycles. The first-order valence-corrected chi connectivity index (χ1v) is 9.46. The third-order valence-corrected chi connectivity index (χ3v) is 4.96. The molecule has 5 rings (SSSR count). The lowest BCUT2D eigenvalue weighted by atomic mass is 10.1. The number of H-pyrrole nitrogens is 2. The molecule has 0 fully saturated rings. The third-order valence-electron chi connectivity index (χ3n) is 4.96. The van der Waals surface area contributed by atoms with Crippen molar-refractivity contribution in [3.63, 3.8) is 0 Å². The zero-order chi connectivity index (χ0) is 19.6. The summed E-state index contributed by atoms with van der Waals surface area (Å²) in [7, 11) is 0. The Balaban J connectivity index is 1.42. The van der Waals surface area contributed by atoms with E-state index in [4.69, 9.17) is 0 Å². The molecule has 2 heterocycles. The molecule has 2 aromatic heterocycles. The number of rotatable bonds is 5. The minimum Gasteiger partial charge on any atom is -0.277 e. The number of benzene rings is 3. The van der Waals surface area contributed by atoms with Crippen LogP contribution in [0, 0.1) is 5.82 Å². The number of fused-ring (bicyclic) bond motifs is 1. The van der Waals surface area contributed by atoms with Crippen molar-refractivity contribution in [2.45, 2.75) is 12.8 Å².